The summed E-state index contributed by atoms with van der Waals surface area (Å²) in [4.78, 5) is 0. The monoisotopic (exact) mass is 247 g/mol. The molecule has 2 aromatic carbocycles. The smallest absolute Gasteiger partial charge is 0.126 e. The molecule has 2 aromatic rings. The number of rotatable bonds is 3. The molecule has 3 heteroatoms. The van der Waals surface area contributed by atoms with Gasteiger partial charge in [0.25, 0.3) is 0 Å². The molecule has 0 aliphatic carbocycles. The standard InChI is InChI=1S/C15H15F2N/c1-2-15(18,11-6-4-3-5-7-11)12-8-13(16)10-14(17)9-12/h3-10H,2,18H2,1H3. The second-order valence-corrected chi connectivity index (χ2v) is 4.35. The maximum absolute atomic E-state index is 13.3. The molecule has 94 valence electrons. The lowest BCUT2D eigenvalue weighted by molar-refractivity contribution is 0.502. The van der Waals surface area contributed by atoms with Gasteiger partial charge in [0.15, 0.2) is 0 Å². The molecule has 0 saturated carbocycles. The van der Waals surface area contributed by atoms with Crippen molar-refractivity contribution in [3.63, 3.8) is 0 Å². The Morgan fingerprint density at radius 2 is 1.50 bits per heavy atom. The summed E-state index contributed by atoms with van der Waals surface area (Å²) in [6.45, 7) is 1.90. The summed E-state index contributed by atoms with van der Waals surface area (Å²) in [5.41, 5.74) is 6.77. The average molecular weight is 247 g/mol. The van der Waals surface area contributed by atoms with Crippen molar-refractivity contribution in [2.75, 3.05) is 0 Å². The summed E-state index contributed by atoms with van der Waals surface area (Å²) < 4.78 is 26.6. The summed E-state index contributed by atoms with van der Waals surface area (Å²) in [6.07, 6.45) is 0.555. The van der Waals surface area contributed by atoms with Gasteiger partial charge in [0.2, 0.25) is 0 Å². The second kappa shape index (κ2) is 4.86. The van der Waals surface area contributed by atoms with Crippen LogP contribution in [0.3, 0.4) is 0 Å². The predicted molar refractivity (Wildman–Crippen MR) is 68.1 cm³/mol. The molecule has 0 fully saturated rings. The first kappa shape index (κ1) is 12.7. The molecule has 0 saturated heterocycles. The van der Waals surface area contributed by atoms with Gasteiger partial charge in [-0.05, 0) is 29.7 Å². The van der Waals surface area contributed by atoms with Crippen LogP contribution in [0.4, 0.5) is 8.78 Å². The molecule has 0 aliphatic heterocycles. The molecular formula is C15H15F2N. The van der Waals surface area contributed by atoms with Crippen LogP contribution in [0.2, 0.25) is 0 Å². The molecule has 18 heavy (non-hydrogen) atoms. The van der Waals surface area contributed by atoms with Gasteiger partial charge >= 0.3 is 0 Å². The Bertz CT molecular complexity index is 519. The Morgan fingerprint density at radius 3 is 2.00 bits per heavy atom. The number of hydrogen-bond acceptors (Lipinski definition) is 1. The zero-order valence-corrected chi connectivity index (χ0v) is 10.2. The van der Waals surface area contributed by atoms with Gasteiger partial charge in [0, 0.05) is 6.07 Å². The van der Waals surface area contributed by atoms with Crippen molar-refractivity contribution in [1.29, 1.82) is 0 Å². The van der Waals surface area contributed by atoms with E-state index in [0.29, 0.717) is 12.0 Å². The van der Waals surface area contributed by atoms with E-state index in [1.807, 2.05) is 37.3 Å². The van der Waals surface area contributed by atoms with Crippen LogP contribution in [-0.4, -0.2) is 0 Å². The second-order valence-electron chi connectivity index (χ2n) is 4.35. The third kappa shape index (κ3) is 2.27. The van der Waals surface area contributed by atoms with Crippen LogP contribution < -0.4 is 5.73 Å². The van der Waals surface area contributed by atoms with Crippen molar-refractivity contribution >= 4 is 0 Å². The van der Waals surface area contributed by atoms with Gasteiger partial charge in [-0.25, -0.2) is 8.78 Å². The average Bonchev–Trinajstić information content (AvgIpc) is 2.37. The van der Waals surface area contributed by atoms with Crippen LogP contribution in [0.5, 0.6) is 0 Å². The van der Waals surface area contributed by atoms with Gasteiger partial charge in [0.05, 0.1) is 5.54 Å². The summed E-state index contributed by atoms with van der Waals surface area (Å²) in [5.74, 6) is -1.21. The Labute approximate surface area is 105 Å². The van der Waals surface area contributed by atoms with E-state index in [0.717, 1.165) is 11.6 Å². The topological polar surface area (TPSA) is 26.0 Å². The van der Waals surface area contributed by atoms with Crippen molar-refractivity contribution < 1.29 is 8.78 Å². The Morgan fingerprint density at radius 1 is 0.944 bits per heavy atom. The molecule has 0 aromatic heterocycles. The number of benzene rings is 2. The number of nitrogens with two attached hydrogens (primary N) is 1. The van der Waals surface area contributed by atoms with E-state index in [1.165, 1.54) is 12.1 Å². The van der Waals surface area contributed by atoms with Crippen LogP contribution in [-0.2, 0) is 5.54 Å². The Balaban J connectivity index is 2.56. The molecule has 0 amide bonds. The van der Waals surface area contributed by atoms with Crippen LogP contribution in [0.1, 0.15) is 24.5 Å². The van der Waals surface area contributed by atoms with Gasteiger partial charge in [-0.1, -0.05) is 37.3 Å². The van der Waals surface area contributed by atoms with Crippen LogP contribution in [0.25, 0.3) is 0 Å². The molecule has 0 bridgehead atoms. The highest BCUT2D eigenvalue weighted by Gasteiger charge is 2.28. The van der Waals surface area contributed by atoms with Crippen molar-refractivity contribution in [2.24, 2.45) is 5.73 Å². The van der Waals surface area contributed by atoms with E-state index >= 15 is 0 Å². The summed E-state index contributed by atoms with van der Waals surface area (Å²) >= 11 is 0. The maximum Gasteiger partial charge on any atom is 0.126 e. The molecule has 0 heterocycles. The minimum Gasteiger partial charge on any atom is -0.318 e. The summed E-state index contributed by atoms with van der Waals surface area (Å²) in [6, 6.07) is 12.8. The van der Waals surface area contributed by atoms with Crippen molar-refractivity contribution in [3.8, 4) is 0 Å². The first-order valence-electron chi connectivity index (χ1n) is 5.87. The van der Waals surface area contributed by atoms with E-state index in [9.17, 15) is 8.78 Å². The minimum absolute atomic E-state index is 0.453. The van der Waals surface area contributed by atoms with Crippen molar-refractivity contribution in [1.82, 2.24) is 0 Å². The van der Waals surface area contributed by atoms with E-state index in [2.05, 4.69) is 0 Å². The zero-order valence-electron chi connectivity index (χ0n) is 10.2. The molecule has 0 radical (unpaired) electrons. The van der Waals surface area contributed by atoms with Crippen LogP contribution in [0.15, 0.2) is 48.5 Å². The molecule has 0 aliphatic rings. The highest BCUT2D eigenvalue weighted by atomic mass is 19.1. The third-order valence-corrected chi connectivity index (χ3v) is 3.22. The lowest BCUT2D eigenvalue weighted by atomic mass is 9.81. The molecule has 2 rings (SSSR count). The SMILES string of the molecule is CCC(N)(c1ccccc1)c1cc(F)cc(F)c1. The molecule has 1 nitrogen and oxygen atoms in total. The largest absolute Gasteiger partial charge is 0.318 e. The summed E-state index contributed by atoms with van der Waals surface area (Å²) in [5, 5.41) is 0. The molecular weight excluding hydrogens is 232 g/mol. The third-order valence-electron chi connectivity index (χ3n) is 3.22. The van der Waals surface area contributed by atoms with Gasteiger partial charge in [-0.3, -0.25) is 0 Å². The lowest BCUT2D eigenvalue weighted by Gasteiger charge is -2.29. The minimum atomic E-state index is -0.871. The highest BCUT2D eigenvalue weighted by Crippen LogP contribution is 2.30. The Hall–Kier alpha value is -1.74. The molecule has 0 spiro atoms. The van der Waals surface area contributed by atoms with E-state index in [-0.39, 0.29) is 0 Å². The number of halogens is 2. The summed E-state index contributed by atoms with van der Waals surface area (Å²) in [7, 11) is 0. The maximum atomic E-state index is 13.3. The van der Waals surface area contributed by atoms with Crippen molar-refractivity contribution in [3.05, 3.63) is 71.3 Å². The fourth-order valence-electron chi connectivity index (χ4n) is 2.12. The predicted octanol–water partition coefficient (Wildman–Crippen LogP) is 3.58. The van der Waals surface area contributed by atoms with Crippen molar-refractivity contribution in [2.45, 2.75) is 18.9 Å². The normalized spacial score (nSPS) is 14.2. The van der Waals surface area contributed by atoms with E-state index < -0.39 is 17.2 Å². The van der Waals surface area contributed by atoms with Gasteiger partial charge in [-0.2, -0.15) is 0 Å². The lowest BCUT2D eigenvalue weighted by Crippen LogP contribution is -2.37. The van der Waals surface area contributed by atoms with Gasteiger partial charge in [0.1, 0.15) is 11.6 Å². The Kier molecular flexibility index (Phi) is 3.43. The van der Waals surface area contributed by atoms with E-state index in [1.54, 1.807) is 0 Å². The fourth-order valence-corrected chi connectivity index (χ4v) is 2.12. The van der Waals surface area contributed by atoms with Gasteiger partial charge in [-0.15, -0.1) is 0 Å². The van der Waals surface area contributed by atoms with E-state index in [4.69, 9.17) is 5.73 Å². The van der Waals surface area contributed by atoms with Gasteiger partial charge < -0.3 is 5.73 Å². The quantitative estimate of drug-likeness (QED) is 0.881. The van der Waals surface area contributed by atoms with Crippen LogP contribution >= 0.6 is 0 Å². The van der Waals surface area contributed by atoms with Crippen LogP contribution in [0, 0.1) is 11.6 Å². The fraction of sp³-hybridized carbons (Fsp3) is 0.200. The zero-order chi connectivity index (χ0) is 13.2. The molecule has 2 N–H and O–H groups in total. The molecule has 1 unspecified atom stereocenters. The molecule has 1 atom stereocenters. The first-order chi connectivity index (χ1) is 8.56. The number of hydrogen-bond donors (Lipinski definition) is 1. The highest BCUT2D eigenvalue weighted by molar-refractivity contribution is 5.38. The first-order valence-corrected chi connectivity index (χ1v) is 5.87.